The molecule has 1 heterocycles. The van der Waals surface area contributed by atoms with Gasteiger partial charge in [0.2, 0.25) is 0 Å². The van der Waals surface area contributed by atoms with Crippen LogP contribution >= 0.6 is 0 Å². The fourth-order valence-electron chi connectivity index (χ4n) is 6.18. The largest absolute Gasteiger partial charge is 0.493 e. The smallest absolute Gasteiger partial charge is 0.310 e. The predicted octanol–water partition coefficient (Wildman–Crippen LogP) is 5.77. The first-order valence-corrected chi connectivity index (χ1v) is 18.7. The Bertz CT molecular complexity index is 1430. The molecule has 0 saturated heterocycles. The maximum absolute atomic E-state index is 13.8. The molecule has 2 aliphatic carbocycles. The van der Waals surface area contributed by atoms with Crippen LogP contribution in [-0.4, -0.2) is 48.0 Å². The summed E-state index contributed by atoms with van der Waals surface area (Å²) in [5, 5.41) is 8.84. The van der Waals surface area contributed by atoms with E-state index in [9.17, 15) is 14.4 Å². The third-order valence-electron chi connectivity index (χ3n) is 8.63. The Hall–Kier alpha value is -3.33. The van der Waals surface area contributed by atoms with Crippen molar-refractivity contribution in [2.24, 2.45) is 23.7 Å². The topological polar surface area (TPSA) is 100 Å². The Morgan fingerprint density at radius 3 is 2.44 bits per heavy atom. The number of aromatic nitrogens is 3. The SMILES string of the molecule is C[Si](C)(C)CCOC(=O)C1C(Cn2nnc3ccccc3c2=O)CCC1C(=O)c1ccc(OCC2CCCC2)cc1. The fraction of sp³-hybridized carbons (Fsp3) is 0.531. The van der Waals surface area contributed by atoms with Gasteiger partial charge in [-0.25, -0.2) is 4.68 Å². The zero-order valence-corrected chi connectivity index (χ0v) is 25.4. The Balaban J connectivity index is 1.33. The molecule has 3 atom stereocenters. The van der Waals surface area contributed by atoms with Gasteiger partial charge in [-0.2, -0.15) is 0 Å². The van der Waals surface area contributed by atoms with Gasteiger partial charge in [0.15, 0.2) is 5.78 Å². The van der Waals surface area contributed by atoms with Crippen molar-refractivity contribution in [3.05, 3.63) is 64.4 Å². The molecule has 2 aliphatic rings. The summed E-state index contributed by atoms with van der Waals surface area (Å²) < 4.78 is 13.1. The molecule has 3 aromatic rings. The molecule has 0 spiro atoms. The van der Waals surface area contributed by atoms with Crippen LogP contribution in [0.1, 0.15) is 48.9 Å². The minimum atomic E-state index is -1.41. The van der Waals surface area contributed by atoms with E-state index in [2.05, 4.69) is 30.0 Å². The maximum Gasteiger partial charge on any atom is 0.310 e. The lowest BCUT2D eigenvalue weighted by Gasteiger charge is -2.24. The summed E-state index contributed by atoms with van der Waals surface area (Å²) in [6, 6.07) is 15.2. The number of carbonyl (C=O) groups is 2. The summed E-state index contributed by atoms with van der Waals surface area (Å²) in [6.07, 6.45) is 6.14. The van der Waals surface area contributed by atoms with Crippen molar-refractivity contribution < 1.29 is 19.1 Å². The van der Waals surface area contributed by atoms with Gasteiger partial charge in [0.25, 0.3) is 5.56 Å². The first-order valence-electron chi connectivity index (χ1n) is 15.0. The lowest BCUT2D eigenvalue weighted by molar-refractivity contribution is -0.150. The van der Waals surface area contributed by atoms with E-state index in [1.165, 1.54) is 30.4 Å². The predicted molar refractivity (Wildman–Crippen MR) is 161 cm³/mol. The summed E-state index contributed by atoms with van der Waals surface area (Å²) in [6.45, 7) is 7.97. The van der Waals surface area contributed by atoms with Crippen molar-refractivity contribution in [2.75, 3.05) is 13.2 Å². The van der Waals surface area contributed by atoms with E-state index in [-0.39, 0.29) is 29.8 Å². The van der Waals surface area contributed by atoms with Gasteiger partial charge in [0.05, 0.1) is 31.1 Å². The van der Waals surface area contributed by atoms with E-state index >= 15 is 0 Å². The number of nitrogens with zero attached hydrogens (tertiary/aromatic N) is 3. The molecule has 41 heavy (non-hydrogen) atoms. The number of rotatable bonds is 11. The van der Waals surface area contributed by atoms with Crippen LogP contribution < -0.4 is 10.3 Å². The minimum absolute atomic E-state index is 0.0704. The third kappa shape index (κ3) is 7.12. The van der Waals surface area contributed by atoms with Gasteiger partial charge in [-0.1, -0.05) is 49.8 Å². The van der Waals surface area contributed by atoms with Gasteiger partial charge in [0.1, 0.15) is 11.3 Å². The molecule has 0 aliphatic heterocycles. The molecule has 8 nitrogen and oxygen atoms in total. The van der Waals surface area contributed by atoms with Crippen LogP contribution in [0.25, 0.3) is 10.9 Å². The first kappa shape index (κ1) is 29.2. The molecule has 0 amide bonds. The lowest BCUT2D eigenvalue weighted by Crippen LogP contribution is -2.36. The highest BCUT2D eigenvalue weighted by atomic mass is 28.3. The molecule has 2 fully saturated rings. The Labute approximate surface area is 242 Å². The van der Waals surface area contributed by atoms with E-state index in [0.717, 1.165) is 11.8 Å². The van der Waals surface area contributed by atoms with Crippen molar-refractivity contribution in [3.63, 3.8) is 0 Å². The Kier molecular flexibility index (Phi) is 9.02. The highest BCUT2D eigenvalue weighted by molar-refractivity contribution is 6.76. The standard InChI is InChI=1S/C32H41N3O5Si/c1-41(2,3)19-18-39-32(38)29-24(20-35-31(37)26-10-6-7-11-28(26)33-34-35)14-17-27(29)30(36)23-12-15-25(16-13-23)40-21-22-8-4-5-9-22/h6-7,10-13,15-16,22,24,27,29H,4-5,8-9,14,17-21H2,1-3H3. The van der Waals surface area contributed by atoms with Crippen molar-refractivity contribution in [1.82, 2.24) is 15.0 Å². The highest BCUT2D eigenvalue weighted by Crippen LogP contribution is 2.41. The van der Waals surface area contributed by atoms with Crippen LogP contribution in [0.5, 0.6) is 5.75 Å². The summed E-state index contributed by atoms with van der Waals surface area (Å²) in [4.78, 5) is 40.5. The van der Waals surface area contributed by atoms with E-state index < -0.39 is 19.9 Å². The number of hydrogen-bond donors (Lipinski definition) is 0. The summed E-state index contributed by atoms with van der Waals surface area (Å²) in [7, 11) is -1.41. The van der Waals surface area contributed by atoms with Gasteiger partial charge >= 0.3 is 5.97 Å². The molecule has 2 aromatic carbocycles. The maximum atomic E-state index is 13.8. The molecule has 2 saturated carbocycles. The second-order valence-corrected chi connectivity index (χ2v) is 18.5. The molecule has 218 valence electrons. The van der Waals surface area contributed by atoms with Gasteiger partial charge in [-0.3, -0.25) is 14.4 Å². The third-order valence-corrected chi connectivity index (χ3v) is 10.3. The number of fused-ring (bicyclic) bond motifs is 1. The zero-order valence-electron chi connectivity index (χ0n) is 24.4. The van der Waals surface area contributed by atoms with Crippen LogP contribution in [0, 0.1) is 23.7 Å². The van der Waals surface area contributed by atoms with Crippen molar-refractivity contribution in [3.8, 4) is 5.75 Å². The molecule has 5 rings (SSSR count). The van der Waals surface area contributed by atoms with Crippen LogP contribution in [-0.2, 0) is 16.1 Å². The average Bonchev–Trinajstić information content (AvgIpc) is 3.63. The zero-order chi connectivity index (χ0) is 29.0. The van der Waals surface area contributed by atoms with Crippen LogP contribution in [0.15, 0.2) is 53.3 Å². The summed E-state index contributed by atoms with van der Waals surface area (Å²) in [5.41, 5.74) is 0.849. The molecule has 0 N–H and O–H groups in total. The number of carbonyl (C=O) groups excluding carboxylic acids is 2. The van der Waals surface area contributed by atoms with E-state index in [4.69, 9.17) is 9.47 Å². The van der Waals surface area contributed by atoms with Gasteiger partial charge < -0.3 is 9.47 Å². The summed E-state index contributed by atoms with van der Waals surface area (Å²) >= 11 is 0. The van der Waals surface area contributed by atoms with Crippen molar-refractivity contribution >= 4 is 30.7 Å². The van der Waals surface area contributed by atoms with Crippen LogP contribution in [0.2, 0.25) is 25.7 Å². The monoisotopic (exact) mass is 575 g/mol. The Morgan fingerprint density at radius 2 is 1.71 bits per heavy atom. The van der Waals surface area contributed by atoms with Crippen molar-refractivity contribution in [2.45, 2.75) is 70.8 Å². The minimum Gasteiger partial charge on any atom is -0.493 e. The number of Topliss-reactive ketones (excluding diaryl/α,β-unsaturated/α-hetero) is 1. The second-order valence-electron chi connectivity index (χ2n) is 12.9. The average molecular weight is 576 g/mol. The normalized spacial score (nSPS) is 21.3. The van der Waals surface area contributed by atoms with E-state index in [1.807, 2.05) is 18.2 Å². The molecule has 3 unspecified atom stereocenters. The van der Waals surface area contributed by atoms with E-state index in [0.29, 0.717) is 48.4 Å². The first-order chi connectivity index (χ1) is 19.7. The van der Waals surface area contributed by atoms with Gasteiger partial charge in [0, 0.05) is 19.6 Å². The highest BCUT2D eigenvalue weighted by Gasteiger charge is 2.46. The van der Waals surface area contributed by atoms with Gasteiger partial charge in [-0.05, 0) is 80.0 Å². The number of esters is 1. The number of hydrogen-bond acceptors (Lipinski definition) is 7. The Morgan fingerprint density at radius 1 is 0.976 bits per heavy atom. The summed E-state index contributed by atoms with van der Waals surface area (Å²) in [5.74, 6) is -0.489. The molecule has 1 aromatic heterocycles. The number of ether oxygens (including phenoxy) is 2. The quantitative estimate of drug-likeness (QED) is 0.163. The van der Waals surface area contributed by atoms with Crippen LogP contribution in [0.3, 0.4) is 0 Å². The van der Waals surface area contributed by atoms with Crippen molar-refractivity contribution in [1.29, 1.82) is 0 Å². The number of benzene rings is 2. The molecule has 9 heteroatoms. The van der Waals surface area contributed by atoms with Crippen LogP contribution in [0.4, 0.5) is 0 Å². The molecular weight excluding hydrogens is 534 g/mol. The number of ketones is 1. The molecule has 0 radical (unpaired) electrons. The molecular formula is C32H41N3O5Si. The second kappa shape index (κ2) is 12.7. The van der Waals surface area contributed by atoms with E-state index in [1.54, 1.807) is 30.3 Å². The lowest BCUT2D eigenvalue weighted by atomic mass is 9.84. The van der Waals surface area contributed by atoms with Gasteiger partial charge in [-0.15, -0.1) is 5.10 Å². The fourth-order valence-corrected chi connectivity index (χ4v) is 6.89. The molecule has 0 bridgehead atoms.